The Morgan fingerprint density at radius 1 is 1.14 bits per heavy atom. The molecule has 2 aromatic rings. The van der Waals surface area contributed by atoms with Gasteiger partial charge in [-0.15, -0.1) is 11.8 Å². The van der Waals surface area contributed by atoms with Crippen molar-refractivity contribution in [3.05, 3.63) is 71.3 Å². The molecule has 2 atom stereocenters. The predicted octanol–water partition coefficient (Wildman–Crippen LogP) is 2.54. The number of carboxylic acids is 1. The van der Waals surface area contributed by atoms with Crippen LogP contribution in [0.5, 0.6) is 0 Å². The molecule has 2 aliphatic rings. The Labute approximate surface area is 131 Å². The number of rotatable bonds is 2. The molecule has 0 saturated carbocycles. The largest absolute Gasteiger partial charge is 0.480 e. The fraction of sp³-hybridized carbons (Fsp3) is 0.176. The van der Waals surface area contributed by atoms with Gasteiger partial charge in [0.2, 0.25) is 0 Å². The lowest BCUT2D eigenvalue weighted by Gasteiger charge is -2.34. The molecule has 0 radical (unpaired) electrons. The highest BCUT2D eigenvalue weighted by Crippen LogP contribution is 2.57. The van der Waals surface area contributed by atoms with E-state index in [0.717, 1.165) is 11.1 Å². The van der Waals surface area contributed by atoms with Crippen molar-refractivity contribution >= 4 is 23.6 Å². The van der Waals surface area contributed by atoms with E-state index in [-0.39, 0.29) is 5.91 Å². The normalized spacial score (nSPS) is 25.9. The van der Waals surface area contributed by atoms with Crippen LogP contribution in [-0.2, 0) is 9.67 Å². The number of hydrogen-bond acceptors (Lipinski definition) is 3. The van der Waals surface area contributed by atoms with Gasteiger partial charge in [0.05, 0.1) is 0 Å². The Morgan fingerprint density at radius 2 is 1.82 bits per heavy atom. The van der Waals surface area contributed by atoms with Crippen molar-refractivity contribution in [3.8, 4) is 0 Å². The lowest BCUT2D eigenvalue weighted by Crippen LogP contribution is -2.46. The van der Waals surface area contributed by atoms with Crippen molar-refractivity contribution in [3.63, 3.8) is 0 Å². The molecule has 1 amide bonds. The van der Waals surface area contributed by atoms with Crippen LogP contribution < -0.4 is 0 Å². The number of aliphatic carboxylic acids is 1. The number of fused-ring (bicyclic) bond motifs is 3. The van der Waals surface area contributed by atoms with Crippen molar-refractivity contribution in [2.75, 3.05) is 5.75 Å². The van der Waals surface area contributed by atoms with E-state index in [0.29, 0.717) is 11.3 Å². The second kappa shape index (κ2) is 4.61. The summed E-state index contributed by atoms with van der Waals surface area (Å²) in [6.07, 6.45) is 0. The Bertz CT molecular complexity index is 776. The molecule has 0 bridgehead atoms. The summed E-state index contributed by atoms with van der Waals surface area (Å²) in [4.78, 5) is 25.2. The van der Waals surface area contributed by atoms with Crippen LogP contribution in [0, 0.1) is 0 Å². The highest BCUT2D eigenvalue weighted by atomic mass is 32.2. The van der Waals surface area contributed by atoms with Gasteiger partial charge in [-0.1, -0.05) is 48.5 Å². The molecule has 5 heteroatoms. The SMILES string of the molecule is O=C(O)[C@@H]1CS[C@]2(c3ccccc3)c3ccccc3C(=O)N12. The van der Waals surface area contributed by atoms with Gasteiger partial charge in [0.1, 0.15) is 10.9 Å². The van der Waals surface area contributed by atoms with Gasteiger partial charge in [-0.2, -0.15) is 0 Å². The van der Waals surface area contributed by atoms with Crippen molar-refractivity contribution < 1.29 is 14.7 Å². The second-order valence-corrected chi connectivity index (χ2v) is 6.61. The fourth-order valence-electron chi connectivity index (χ4n) is 3.37. The van der Waals surface area contributed by atoms with Gasteiger partial charge in [0.25, 0.3) is 5.91 Å². The third-order valence-corrected chi connectivity index (χ3v) is 5.84. The molecule has 2 heterocycles. The summed E-state index contributed by atoms with van der Waals surface area (Å²) in [5, 5.41) is 9.51. The van der Waals surface area contributed by atoms with Crippen molar-refractivity contribution in [1.29, 1.82) is 0 Å². The summed E-state index contributed by atoms with van der Waals surface area (Å²) in [5.41, 5.74) is 2.44. The molecule has 0 aromatic heterocycles. The van der Waals surface area contributed by atoms with E-state index in [2.05, 4.69) is 0 Å². The first-order valence-electron chi connectivity index (χ1n) is 7.02. The van der Waals surface area contributed by atoms with Crippen LogP contribution in [0.15, 0.2) is 54.6 Å². The fourth-order valence-corrected chi connectivity index (χ4v) is 5.05. The van der Waals surface area contributed by atoms with Crippen LogP contribution >= 0.6 is 11.8 Å². The number of carbonyl (C=O) groups is 2. The first-order chi connectivity index (χ1) is 10.7. The number of benzene rings is 2. The lowest BCUT2D eigenvalue weighted by atomic mass is 9.97. The molecule has 4 nitrogen and oxygen atoms in total. The van der Waals surface area contributed by atoms with Crippen molar-refractivity contribution in [1.82, 2.24) is 4.90 Å². The number of nitrogens with zero attached hydrogens (tertiary/aromatic N) is 1. The third kappa shape index (κ3) is 1.54. The first kappa shape index (κ1) is 13.4. The number of amides is 1. The molecule has 22 heavy (non-hydrogen) atoms. The van der Waals surface area contributed by atoms with Gasteiger partial charge in [-0.05, 0) is 11.6 Å². The van der Waals surface area contributed by atoms with Gasteiger partial charge in [-0.3, -0.25) is 4.79 Å². The van der Waals surface area contributed by atoms with E-state index >= 15 is 0 Å². The summed E-state index contributed by atoms with van der Waals surface area (Å²) >= 11 is 1.52. The van der Waals surface area contributed by atoms with Gasteiger partial charge in [0.15, 0.2) is 0 Å². The van der Waals surface area contributed by atoms with E-state index in [4.69, 9.17) is 0 Å². The van der Waals surface area contributed by atoms with E-state index in [1.807, 2.05) is 48.5 Å². The molecule has 1 saturated heterocycles. The van der Waals surface area contributed by atoms with Crippen LogP contribution in [0.3, 0.4) is 0 Å². The lowest BCUT2D eigenvalue weighted by molar-refractivity contribution is -0.141. The molecular weight excluding hydrogens is 298 g/mol. The molecule has 1 N–H and O–H groups in total. The number of thioether (sulfide) groups is 1. The average Bonchev–Trinajstić information content (AvgIpc) is 3.06. The van der Waals surface area contributed by atoms with Crippen LogP contribution in [0.25, 0.3) is 0 Å². The summed E-state index contributed by atoms with van der Waals surface area (Å²) in [5.74, 6) is -0.757. The molecule has 2 aliphatic heterocycles. The average molecular weight is 311 g/mol. The monoisotopic (exact) mass is 311 g/mol. The zero-order valence-electron chi connectivity index (χ0n) is 11.6. The van der Waals surface area contributed by atoms with Crippen LogP contribution in [0.1, 0.15) is 21.5 Å². The van der Waals surface area contributed by atoms with E-state index in [1.54, 1.807) is 11.0 Å². The molecule has 0 spiro atoms. The third-order valence-electron chi connectivity index (χ3n) is 4.29. The minimum atomic E-state index is -0.952. The number of carboxylic acid groups (broad SMARTS) is 1. The van der Waals surface area contributed by atoms with Crippen molar-refractivity contribution in [2.24, 2.45) is 0 Å². The molecule has 1 fully saturated rings. The maximum atomic E-state index is 12.8. The minimum absolute atomic E-state index is 0.197. The maximum absolute atomic E-state index is 12.8. The highest BCUT2D eigenvalue weighted by molar-refractivity contribution is 8.00. The summed E-state index contributed by atoms with van der Waals surface area (Å²) in [7, 11) is 0. The molecule has 0 unspecified atom stereocenters. The zero-order chi connectivity index (χ0) is 15.3. The molecule has 0 aliphatic carbocycles. The molecule has 2 aromatic carbocycles. The van der Waals surface area contributed by atoms with E-state index in [9.17, 15) is 14.7 Å². The van der Waals surface area contributed by atoms with Gasteiger partial charge < -0.3 is 10.0 Å². The Kier molecular flexibility index (Phi) is 2.81. The van der Waals surface area contributed by atoms with E-state index in [1.165, 1.54) is 11.8 Å². The first-order valence-corrected chi connectivity index (χ1v) is 8.00. The quantitative estimate of drug-likeness (QED) is 0.926. The van der Waals surface area contributed by atoms with Crippen LogP contribution in [0.2, 0.25) is 0 Å². The minimum Gasteiger partial charge on any atom is -0.480 e. The molecular formula is C17H13NO3S. The highest BCUT2D eigenvalue weighted by Gasteiger charge is 2.59. The standard InChI is InChI=1S/C17H13NO3S/c19-15-12-8-4-5-9-13(12)17(11-6-2-1-3-7-11)18(15)14(10-22-17)16(20)21/h1-9,14H,10H2,(H,20,21)/t14-,17+/m0/s1. The smallest absolute Gasteiger partial charge is 0.327 e. The predicted molar refractivity (Wildman–Crippen MR) is 83.7 cm³/mol. The molecule has 110 valence electrons. The molecule has 4 rings (SSSR count). The zero-order valence-corrected chi connectivity index (χ0v) is 12.4. The number of hydrogen-bond donors (Lipinski definition) is 1. The maximum Gasteiger partial charge on any atom is 0.327 e. The Morgan fingerprint density at radius 3 is 2.55 bits per heavy atom. The summed E-state index contributed by atoms with van der Waals surface area (Å²) in [6.45, 7) is 0. The Hall–Kier alpha value is -2.27. The van der Waals surface area contributed by atoms with Crippen LogP contribution in [-0.4, -0.2) is 33.7 Å². The van der Waals surface area contributed by atoms with Gasteiger partial charge in [0, 0.05) is 16.9 Å². The van der Waals surface area contributed by atoms with E-state index < -0.39 is 16.9 Å². The van der Waals surface area contributed by atoms with Crippen LogP contribution in [0.4, 0.5) is 0 Å². The second-order valence-electron chi connectivity index (χ2n) is 5.40. The summed E-state index contributed by atoms with van der Waals surface area (Å²) in [6, 6.07) is 16.3. The van der Waals surface area contributed by atoms with Crippen molar-refractivity contribution in [2.45, 2.75) is 10.9 Å². The topological polar surface area (TPSA) is 57.6 Å². The number of carbonyl (C=O) groups excluding carboxylic acids is 1. The summed E-state index contributed by atoms with van der Waals surface area (Å²) < 4.78 is 0. The van der Waals surface area contributed by atoms with Gasteiger partial charge in [-0.25, -0.2) is 4.79 Å². The van der Waals surface area contributed by atoms with Gasteiger partial charge >= 0.3 is 5.97 Å². The Balaban J connectivity index is 2.00.